The van der Waals surface area contributed by atoms with Crippen molar-refractivity contribution in [2.45, 2.75) is 70.3 Å². The number of fused-ring (bicyclic) bond motifs is 1. The topological polar surface area (TPSA) is 47.5 Å². The molecule has 0 radical (unpaired) electrons. The zero-order valence-corrected chi connectivity index (χ0v) is 14.9. The average molecular weight is 337 g/mol. The van der Waals surface area contributed by atoms with Gasteiger partial charge in [0.25, 0.3) is 0 Å². The van der Waals surface area contributed by atoms with Crippen LogP contribution < -0.4 is 4.74 Å². The van der Waals surface area contributed by atoms with Gasteiger partial charge in [0.1, 0.15) is 19.1 Å². The van der Waals surface area contributed by atoms with Gasteiger partial charge in [0.2, 0.25) is 5.88 Å². The lowest BCUT2D eigenvalue weighted by atomic mass is 9.95. The smallest absolute Gasteiger partial charge is 0.216 e. The van der Waals surface area contributed by atoms with Crippen LogP contribution in [0.3, 0.4) is 0 Å². The van der Waals surface area contributed by atoms with Gasteiger partial charge in [-0.25, -0.2) is 14.4 Å². The van der Waals surface area contributed by atoms with Gasteiger partial charge in [0.05, 0.1) is 18.4 Å². The summed E-state index contributed by atoms with van der Waals surface area (Å²) < 4.78 is 25.2. The summed E-state index contributed by atoms with van der Waals surface area (Å²) in [5.41, 5.74) is 0.551. The third kappa shape index (κ3) is 3.70. The van der Waals surface area contributed by atoms with E-state index in [0.29, 0.717) is 24.2 Å². The van der Waals surface area contributed by atoms with Crippen molar-refractivity contribution < 1.29 is 13.9 Å². The quantitative estimate of drug-likeness (QED) is 0.764. The highest BCUT2D eigenvalue weighted by Gasteiger charge is 2.49. The molecule has 0 aromatic carbocycles. The number of ether oxygens (including phenoxy) is 2. The van der Waals surface area contributed by atoms with Gasteiger partial charge < -0.3 is 9.47 Å². The summed E-state index contributed by atoms with van der Waals surface area (Å²) in [4.78, 5) is 10.6. The number of nitrogens with zero attached hydrogens (tertiary/aromatic N) is 3. The molecule has 1 aromatic heterocycles. The van der Waals surface area contributed by atoms with Gasteiger partial charge in [-0.15, -0.1) is 0 Å². The first-order valence-corrected chi connectivity index (χ1v) is 8.97. The maximum Gasteiger partial charge on any atom is 0.216 e. The molecule has 2 aliphatic rings. The van der Waals surface area contributed by atoms with Crippen molar-refractivity contribution in [2.75, 3.05) is 19.8 Å². The Balaban J connectivity index is 1.59. The lowest BCUT2D eigenvalue weighted by molar-refractivity contribution is -0.00912. The molecule has 0 aliphatic carbocycles. The maximum absolute atomic E-state index is 13.4. The minimum absolute atomic E-state index is 0.183. The van der Waals surface area contributed by atoms with Crippen molar-refractivity contribution in [3.05, 3.63) is 18.1 Å². The van der Waals surface area contributed by atoms with Crippen LogP contribution in [0.5, 0.6) is 5.88 Å². The van der Waals surface area contributed by atoms with E-state index in [1.165, 1.54) is 26.1 Å². The van der Waals surface area contributed by atoms with Crippen LogP contribution in [-0.2, 0) is 4.74 Å². The maximum atomic E-state index is 13.4. The van der Waals surface area contributed by atoms with Crippen LogP contribution in [0.1, 0.15) is 58.3 Å². The van der Waals surface area contributed by atoms with Crippen molar-refractivity contribution >= 4 is 0 Å². The zero-order valence-electron chi connectivity index (χ0n) is 14.9. The summed E-state index contributed by atoms with van der Waals surface area (Å²) in [6, 6.07) is 1.98. The highest BCUT2D eigenvalue weighted by Crippen LogP contribution is 2.42. The van der Waals surface area contributed by atoms with Gasteiger partial charge in [0.15, 0.2) is 0 Å². The van der Waals surface area contributed by atoms with Crippen molar-refractivity contribution in [3.8, 4) is 5.88 Å². The van der Waals surface area contributed by atoms with Crippen LogP contribution in [0.15, 0.2) is 12.4 Å². The van der Waals surface area contributed by atoms with E-state index >= 15 is 0 Å². The molecule has 6 heteroatoms. The summed E-state index contributed by atoms with van der Waals surface area (Å²) in [6.45, 7) is 8.13. The molecule has 3 rings (SSSR count). The zero-order chi connectivity index (χ0) is 17.2. The molecular formula is C18H28FN3O2. The Hall–Kier alpha value is -1.27. The number of halogens is 1. The summed E-state index contributed by atoms with van der Waals surface area (Å²) in [5, 5.41) is 0. The first-order valence-electron chi connectivity index (χ1n) is 8.97. The first-order chi connectivity index (χ1) is 11.5. The second-order valence-corrected chi connectivity index (χ2v) is 7.28. The number of hydrogen-bond acceptors (Lipinski definition) is 5. The molecule has 0 spiro atoms. The van der Waals surface area contributed by atoms with E-state index in [0.717, 1.165) is 26.0 Å². The summed E-state index contributed by atoms with van der Waals surface area (Å²) in [7, 11) is 0. The third-order valence-corrected chi connectivity index (χ3v) is 5.21. The normalized spacial score (nSPS) is 28.3. The summed E-state index contributed by atoms with van der Waals surface area (Å²) >= 11 is 0. The SMILES string of the molecule is CC(C)OC[C@@]12CCCN1[C@H](COc1cc(C(C)F)ncn1)CC2. The Morgan fingerprint density at radius 2 is 2.17 bits per heavy atom. The third-order valence-electron chi connectivity index (χ3n) is 5.21. The fraction of sp³-hybridized carbons (Fsp3) is 0.778. The molecule has 1 aromatic rings. The molecule has 24 heavy (non-hydrogen) atoms. The van der Waals surface area contributed by atoms with Crippen LogP contribution in [-0.4, -0.2) is 52.3 Å². The van der Waals surface area contributed by atoms with E-state index in [1.807, 2.05) is 0 Å². The molecule has 0 amide bonds. The standard InChI is InChI=1S/C18H28FN3O2/c1-13(2)24-11-18-6-4-8-22(18)15(5-7-18)10-23-17-9-16(14(3)19)20-12-21-17/h9,12-15H,4-8,10-11H2,1-3H3/t14?,15-,18-/m0/s1. The predicted octanol–water partition coefficient (Wildman–Crippen LogP) is 3.31. The molecule has 0 bridgehead atoms. The van der Waals surface area contributed by atoms with Crippen LogP contribution in [0.25, 0.3) is 0 Å². The van der Waals surface area contributed by atoms with Crippen molar-refractivity contribution in [1.29, 1.82) is 0 Å². The van der Waals surface area contributed by atoms with Gasteiger partial charge in [-0.3, -0.25) is 4.90 Å². The molecule has 134 valence electrons. The van der Waals surface area contributed by atoms with Crippen molar-refractivity contribution in [2.24, 2.45) is 0 Å². The first kappa shape index (κ1) is 17.5. The largest absolute Gasteiger partial charge is 0.476 e. The van der Waals surface area contributed by atoms with Crippen LogP contribution in [0.2, 0.25) is 0 Å². The minimum atomic E-state index is -1.11. The Bertz CT molecular complexity index is 555. The Morgan fingerprint density at radius 3 is 2.92 bits per heavy atom. The van der Waals surface area contributed by atoms with Gasteiger partial charge in [0, 0.05) is 17.6 Å². The van der Waals surface area contributed by atoms with Gasteiger partial charge in [-0.05, 0) is 53.0 Å². The number of rotatable bonds is 7. The van der Waals surface area contributed by atoms with Crippen LogP contribution in [0, 0.1) is 0 Å². The van der Waals surface area contributed by atoms with Crippen LogP contribution in [0.4, 0.5) is 4.39 Å². The molecule has 5 nitrogen and oxygen atoms in total. The minimum Gasteiger partial charge on any atom is -0.476 e. The second kappa shape index (κ2) is 7.31. The molecule has 3 atom stereocenters. The highest BCUT2D eigenvalue weighted by molar-refractivity contribution is 5.15. The van der Waals surface area contributed by atoms with E-state index in [9.17, 15) is 4.39 Å². The Morgan fingerprint density at radius 1 is 1.33 bits per heavy atom. The molecule has 3 heterocycles. The molecule has 1 unspecified atom stereocenters. The summed E-state index contributed by atoms with van der Waals surface area (Å²) in [6.07, 6.45) is 5.21. The number of aromatic nitrogens is 2. The lowest BCUT2D eigenvalue weighted by Gasteiger charge is -2.35. The fourth-order valence-corrected chi connectivity index (χ4v) is 3.94. The van der Waals surface area contributed by atoms with E-state index in [1.54, 1.807) is 6.07 Å². The molecule has 2 fully saturated rings. The van der Waals surface area contributed by atoms with Crippen LogP contribution >= 0.6 is 0 Å². The van der Waals surface area contributed by atoms with Crippen molar-refractivity contribution in [3.63, 3.8) is 0 Å². The highest BCUT2D eigenvalue weighted by atomic mass is 19.1. The van der Waals surface area contributed by atoms with Crippen molar-refractivity contribution in [1.82, 2.24) is 14.9 Å². The number of hydrogen-bond donors (Lipinski definition) is 0. The Kier molecular flexibility index (Phi) is 5.35. The van der Waals surface area contributed by atoms with E-state index in [4.69, 9.17) is 9.47 Å². The molecular weight excluding hydrogens is 309 g/mol. The number of alkyl halides is 1. The van der Waals surface area contributed by atoms with E-state index in [2.05, 4.69) is 28.7 Å². The van der Waals surface area contributed by atoms with E-state index in [-0.39, 0.29) is 11.6 Å². The monoisotopic (exact) mass is 337 g/mol. The van der Waals surface area contributed by atoms with Gasteiger partial charge in [-0.1, -0.05) is 0 Å². The molecule has 2 aliphatic heterocycles. The second-order valence-electron chi connectivity index (χ2n) is 7.28. The van der Waals surface area contributed by atoms with E-state index < -0.39 is 6.17 Å². The summed E-state index contributed by atoms with van der Waals surface area (Å²) in [5.74, 6) is 0.458. The fourth-order valence-electron chi connectivity index (χ4n) is 3.94. The Labute approximate surface area is 143 Å². The average Bonchev–Trinajstić information content (AvgIpc) is 3.11. The predicted molar refractivity (Wildman–Crippen MR) is 89.8 cm³/mol. The van der Waals surface area contributed by atoms with Gasteiger partial charge >= 0.3 is 0 Å². The lowest BCUT2D eigenvalue weighted by Crippen LogP contribution is -2.47. The molecule has 0 saturated carbocycles. The molecule has 2 saturated heterocycles. The van der Waals surface area contributed by atoms with Gasteiger partial charge in [-0.2, -0.15) is 0 Å². The molecule has 0 N–H and O–H groups in total.